The lowest BCUT2D eigenvalue weighted by molar-refractivity contribution is 0.599. The van der Waals surface area contributed by atoms with E-state index in [1.165, 1.54) is 29.7 Å². The minimum absolute atomic E-state index is 0.415. The molecule has 2 aromatic rings. The van der Waals surface area contributed by atoms with Gasteiger partial charge in [-0.05, 0) is 36.5 Å². The Balaban J connectivity index is 2.08. The van der Waals surface area contributed by atoms with Crippen LogP contribution in [0.25, 0.3) is 0 Å². The maximum atomic E-state index is 6.02. The monoisotopic (exact) mass is 243 g/mol. The average molecular weight is 244 g/mol. The highest BCUT2D eigenvalue weighted by molar-refractivity contribution is 6.29. The smallest absolute Gasteiger partial charge is 0.129 e. The second-order valence-electron chi connectivity index (χ2n) is 4.53. The van der Waals surface area contributed by atoms with Gasteiger partial charge in [-0.25, -0.2) is 4.98 Å². The van der Waals surface area contributed by atoms with E-state index in [9.17, 15) is 0 Å². The summed E-state index contributed by atoms with van der Waals surface area (Å²) in [5.41, 5.74) is 3.88. The lowest BCUT2D eigenvalue weighted by Crippen LogP contribution is -2.13. The zero-order chi connectivity index (χ0) is 11.7. The van der Waals surface area contributed by atoms with Crippen LogP contribution in [-0.2, 0) is 6.42 Å². The van der Waals surface area contributed by atoms with Crippen molar-refractivity contribution in [3.8, 4) is 0 Å². The molecule has 0 N–H and O–H groups in total. The van der Waals surface area contributed by atoms with Crippen LogP contribution in [0.2, 0.25) is 5.15 Å². The maximum Gasteiger partial charge on any atom is 0.129 e. The number of fused-ring (bicyclic) bond motifs is 1. The van der Waals surface area contributed by atoms with Crippen molar-refractivity contribution < 1.29 is 0 Å². The highest BCUT2D eigenvalue weighted by atomic mass is 35.5. The summed E-state index contributed by atoms with van der Waals surface area (Å²) in [6, 6.07) is 14.6. The molecule has 0 amide bonds. The lowest BCUT2D eigenvalue weighted by atomic mass is 9.82. The first-order valence-electron chi connectivity index (χ1n) is 6.05. The second-order valence-corrected chi connectivity index (χ2v) is 4.92. The summed E-state index contributed by atoms with van der Waals surface area (Å²) in [5.74, 6) is 0.415. The van der Waals surface area contributed by atoms with Crippen molar-refractivity contribution in [2.75, 3.05) is 0 Å². The van der Waals surface area contributed by atoms with Crippen molar-refractivity contribution in [1.82, 2.24) is 4.98 Å². The molecule has 1 aromatic heterocycles. The normalized spacial score (nSPS) is 18.8. The zero-order valence-corrected chi connectivity index (χ0v) is 10.3. The number of benzene rings is 1. The predicted molar refractivity (Wildman–Crippen MR) is 70.5 cm³/mol. The topological polar surface area (TPSA) is 12.9 Å². The lowest BCUT2D eigenvalue weighted by Gasteiger charge is -2.24. The average Bonchev–Trinajstić information content (AvgIpc) is 2.39. The van der Waals surface area contributed by atoms with E-state index in [4.69, 9.17) is 11.6 Å². The van der Waals surface area contributed by atoms with Crippen LogP contribution in [0.3, 0.4) is 0 Å². The summed E-state index contributed by atoms with van der Waals surface area (Å²) in [6.45, 7) is 0. The molecule has 0 radical (unpaired) electrons. The van der Waals surface area contributed by atoms with Crippen molar-refractivity contribution in [2.45, 2.75) is 25.2 Å². The Kier molecular flexibility index (Phi) is 2.86. The maximum absolute atomic E-state index is 6.02. The molecule has 1 aliphatic carbocycles. The highest BCUT2D eigenvalue weighted by Crippen LogP contribution is 2.35. The van der Waals surface area contributed by atoms with Crippen molar-refractivity contribution >= 4 is 11.6 Å². The minimum Gasteiger partial charge on any atom is -0.240 e. The number of hydrogen-bond acceptors (Lipinski definition) is 1. The standard InChI is InChI=1S/C15H14ClN/c16-14-10-9-12-7-4-8-13(15(12)17-14)11-5-2-1-3-6-11/h1-3,5-6,9-10,13H,4,7-8H2/t13-/m1/s1. The summed E-state index contributed by atoms with van der Waals surface area (Å²) in [5, 5.41) is 0.603. The molecule has 0 spiro atoms. The molecule has 3 rings (SSSR count). The fourth-order valence-corrected chi connectivity index (χ4v) is 2.79. The van der Waals surface area contributed by atoms with Gasteiger partial charge < -0.3 is 0 Å². The van der Waals surface area contributed by atoms with Crippen LogP contribution < -0.4 is 0 Å². The third-order valence-electron chi connectivity index (χ3n) is 3.45. The van der Waals surface area contributed by atoms with Gasteiger partial charge >= 0.3 is 0 Å². The quantitative estimate of drug-likeness (QED) is 0.684. The molecule has 1 aliphatic rings. The minimum atomic E-state index is 0.415. The first-order chi connectivity index (χ1) is 8.34. The van der Waals surface area contributed by atoms with Crippen molar-refractivity contribution in [1.29, 1.82) is 0 Å². The molecule has 17 heavy (non-hydrogen) atoms. The van der Waals surface area contributed by atoms with E-state index in [1.807, 2.05) is 6.07 Å². The molecule has 0 unspecified atom stereocenters. The van der Waals surface area contributed by atoms with Gasteiger partial charge in [0.15, 0.2) is 0 Å². The van der Waals surface area contributed by atoms with Crippen LogP contribution in [-0.4, -0.2) is 4.98 Å². The Hall–Kier alpha value is -1.34. The van der Waals surface area contributed by atoms with Gasteiger partial charge in [-0.15, -0.1) is 0 Å². The van der Waals surface area contributed by atoms with Crippen LogP contribution in [0.1, 0.15) is 35.6 Å². The van der Waals surface area contributed by atoms with Gasteiger partial charge in [-0.2, -0.15) is 0 Å². The molecular weight excluding hydrogens is 230 g/mol. The Bertz CT molecular complexity index is 522. The Morgan fingerprint density at radius 3 is 2.71 bits per heavy atom. The summed E-state index contributed by atoms with van der Waals surface area (Å²) in [6.07, 6.45) is 3.53. The van der Waals surface area contributed by atoms with Crippen molar-refractivity contribution in [3.63, 3.8) is 0 Å². The Morgan fingerprint density at radius 1 is 1.06 bits per heavy atom. The van der Waals surface area contributed by atoms with Gasteiger partial charge in [0.2, 0.25) is 0 Å². The first-order valence-corrected chi connectivity index (χ1v) is 6.42. The van der Waals surface area contributed by atoms with Crippen LogP contribution in [0.5, 0.6) is 0 Å². The highest BCUT2D eigenvalue weighted by Gasteiger charge is 2.23. The van der Waals surface area contributed by atoms with E-state index < -0.39 is 0 Å². The van der Waals surface area contributed by atoms with E-state index >= 15 is 0 Å². The number of nitrogens with zero attached hydrogens (tertiary/aromatic N) is 1. The van der Waals surface area contributed by atoms with Crippen LogP contribution >= 0.6 is 11.6 Å². The third-order valence-corrected chi connectivity index (χ3v) is 3.66. The number of hydrogen-bond donors (Lipinski definition) is 0. The van der Waals surface area contributed by atoms with Crippen molar-refractivity contribution in [3.05, 3.63) is 64.4 Å². The molecule has 86 valence electrons. The fourth-order valence-electron chi connectivity index (χ4n) is 2.64. The SMILES string of the molecule is Clc1ccc2c(n1)[C@@H](c1ccccc1)CCC2. The summed E-state index contributed by atoms with van der Waals surface area (Å²) in [4.78, 5) is 4.54. The number of halogens is 1. The summed E-state index contributed by atoms with van der Waals surface area (Å²) < 4.78 is 0. The van der Waals surface area contributed by atoms with E-state index in [1.54, 1.807) is 0 Å². The van der Waals surface area contributed by atoms with Gasteiger partial charge in [0, 0.05) is 5.92 Å². The van der Waals surface area contributed by atoms with E-state index in [0.717, 1.165) is 6.42 Å². The summed E-state index contributed by atoms with van der Waals surface area (Å²) >= 11 is 6.02. The van der Waals surface area contributed by atoms with E-state index in [-0.39, 0.29) is 0 Å². The molecule has 2 heteroatoms. The molecule has 0 saturated heterocycles. The molecule has 1 heterocycles. The number of aromatic nitrogens is 1. The van der Waals surface area contributed by atoms with Crippen molar-refractivity contribution in [2.24, 2.45) is 0 Å². The molecule has 0 bridgehead atoms. The van der Waals surface area contributed by atoms with Crippen LogP contribution in [0.15, 0.2) is 42.5 Å². The van der Waals surface area contributed by atoms with Gasteiger partial charge in [-0.1, -0.05) is 48.0 Å². The Labute approximate surface area is 106 Å². The van der Waals surface area contributed by atoms with Gasteiger partial charge in [0.25, 0.3) is 0 Å². The number of rotatable bonds is 1. The van der Waals surface area contributed by atoms with Gasteiger partial charge in [-0.3, -0.25) is 0 Å². The first kappa shape index (κ1) is 10.8. The molecule has 1 aromatic carbocycles. The number of pyridine rings is 1. The van der Waals surface area contributed by atoms with Crippen LogP contribution in [0, 0.1) is 0 Å². The van der Waals surface area contributed by atoms with Crippen LogP contribution in [0.4, 0.5) is 0 Å². The molecule has 0 aliphatic heterocycles. The van der Waals surface area contributed by atoms with E-state index in [2.05, 4.69) is 41.4 Å². The zero-order valence-electron chi connectivity index (χ0n) is 9.57. The van der Waals surface area contributed by atoms with Gasteiger partial charge in [0.05, 0.1) is 5.69 Å². The molecule has 1 nitrogen and oxygen atoms in total. The van der Waals surface area contributed by atoms with Gasteiger partial charge in [0.1, 0.15) is 5.15 Å². The second kappa shape index (κ2) is 4.50. The number of aryl methyl sites for hydroxylation is 1. The predicted octanol–water partition coefficient (Wildman–Crippen LogP) is 4.20. The summed E-state index contributed by atoms with van der Waals surface area (Å²) in [7, 11) is 0. The molecular formula is C15H14ClN. The fraction of sp³-hybridized carbons (Fsp3) is 0.267. The third kappa shape index (κ3) is 2.07. The molecule has 0 saturated carbocycles. The Morgan fingerprint density at radius 2 is 1.88 bits per heavy atom. The van der Waals surface area contributed by atoms with E-state index in [0.29, 0.717) is 11.1 Å². The molecule has 1 atom stereocenters. The molecule has 0 fully saturated rings. The largest absolute Gasteiger partial charge is 0.240 e.